The van der Waals surface area contributed by atoms with E-state index in [1.54, 1.807) is 11.3 Å². The van der Waals surface area contributed by atoms with E-state index < -0.39 is 0 Å². The van der Waals surface area contributed by atoms with Crippen LogP contribution in [-0.4, -0.2) is 0 Å². The highest BCUT2D eigenvalue weighted by atomic mass is 35.5. The molecular formula is C13H14ClNS. The van der Waals surface area contributed by atoms with Crippen LogP contribution in [-0.2, 0) is 13.1 Å². The average molecular weight is 252 g/mol. The maximum Gasteiger partial charge on any atom is 0.0453 e. The first kappa shape index (κ1) is 11.6. The number of hydrogen-bond donors (Lipinski definition) is 1. The van der Waals surface area contributed by atoms with Crippen molar-refractivity contribution in [3.63, 3.8) is 0 Å². The Labute approximate surface area is 105 Å². The van der Waals surface area contributed by atoms with E-state index in [1.807, 2.05) is 6.07 Å². The minimum Gasteiger partial charge on any atom is -0.309 e. The van der Waals surface area contributed by atoms with Gasteiger partial charge in [0.25, 0.3) is 0 Å². The van der Waals surface area contributed by atoms with Gasteiger partial charge in [-0.1, -0.05) is 23.7 Å². The molecule has 0 saturated heterocycles. The smallest absolute Gasteiger partial charge is 0.0453 e. The van der Waals surface area contributed by atoms with E-state index in [4.69, 9.17) is 11.6 Å². The summed E-state index contributed by atoms with van der Waals surface area (Å²) in [5, 5.41) is 8.48. The fourth-order valence-electron chi connectivity index (χ4n) is 1.53. The summed E-state index contributed by atoms with van der Waals surface area (Å²) in [7, 11) is 0. The van der Waals surface area contributed by atoms with E-state index in [1.165, 1.54) is 11.1 Å². The summed E-state index contributed by atoms with van der Waals surface area (Å²) in [5.74, 6) is 0. The predicted octanol–water partition coefficient (Wildman–Crippen LogP) is 4.00. The van der Waals surface area contributed by atoms with Gasteiger partial charge < -0.3 is 5.32 Å². The summed E-state index contributed by atoms with van der Waals surface area (Å²) in [6.45, 7) is 3.76. The fourth-order valence-corrected chi connectivity index (χ4v) is 2.50. The molecule has 0 atom stereocenters. The molecule has 0 spiro atoms. The van der Waals surface area contributed by atoms with E-state index in [9.17, 15) is 0 Å². The van der Waals surface area contributed by atoms with Gasteiger partial charge in [-0.15, -0.1) is 0 Å². The Bertz CT molecular complexity index is 451. The van der Waals surface area contributed by atoms with Crippen molar-refractivity contribution in [1.29, 1.82) is 0 Å². The van der Waals surface area contributed by atoms with Crippen molar-refractivity contribution in [2.45, 2.75) is 20.0 Å². The summed E-state index contributed by atoms with van der Waals surface area (Å²) in [5.41, 5.74) is 3.68. The van der Waals surface area contributed by atoms with E-state index >= 15 is 0 Å². The van der Waals surface area contributed by atoms with Crippen LogP contribution in [0.25, 0.3) is 0 Å². The van der Waals surface area contributed by atoms with Crippen molar-refractivity contribution >= 4 is 22.9 Å². The molecule has 1 aromatic carbocycles. The first-order chi connectivity index (χ1) is 7.75. The number of thiophene rings is 1. The number of nitrogens with one attached hydrogen (secondary N) is 1. The molecule has 0 radical (unpaired) electrons. The Morgan fingerprint density at radius 2 is 2.12 bits per heavy atom. The molecular weight excluding hydrogens is 238 g/mol. The van der Waals surface area contributed by atoms with Crippen molar-refractivity contribution in [2.24, 2.45) is 0 Å². The summed E-state index contributed by atoms with van der Waals surface area (Å²) >= 11 is 7.88. The van der Waals surface area contributed by atoms with Gasteiger partial charge in [0.15, 0.2) is 0 Å². The van der Waals surface area contributed by atoms with Gasteiger partial charge in [-0.2, -0.15) is 11.3 Å². The van der Waals surface area contributed by atoms with Crippen LogP contribution in [0.2, 0.25) is 5.02 Å². The molecule has 0 saturated carbocycles. The van der Waals surface area contributed by atoms with Gasteiger partial charge >= 0.3 is 0 Å². The van der Waals surface area contributed by atoms with Crippen LogP contribution < -0.4 is 5.32 Å². The Hall–Kier alpha value is -0.830. The van der Waals surface area contributed by atoms with E-state index in [0.717, 1.165) is 23.7 Å². The van der Waals surface area contributed by atoms with Crippen LogP contribution in [0.5, 0.6) is 0 Å². The minimum atomic E-state index is 0.814. The minimum absolute atomic E-state index is 0.814. The normalized spacial score (nSPS) is 10.6. The molecule has 3 heteroatoms. The van der Waals surface area contributed by atoms with Crippen molar-refractivity contribution in [3.8, 4) is 0 Å². The zero-order valence-corrected chi connectivity index (χ0v) is 10.7. The molecule has 0 fully saturated rings. The van der Waals surface area contributed by atoms with E-state index in [2.05, 4.69) is 41.2 Å². The van der Waals surface area contributed by atoms with Gasteiger partial charge in [-0.25, -0.2) is 0 Å². The van der Waals surface area contributed by atoms with E-state index in [0.29, 0.717) is 0 Å². The van der Waals surface area contributed by atoms with Crippen LogP contribution in [0.1, 0.15) is 16.7 Å². The fraction of sp³-hybridized carbons (Fsp3) is 0.231. The Morgan fingerprint density at radius 3 is 2.81 bits per heavy atom. The third-order valence-electron chi connectivity index (χ3n) is 2.43. The number of halogens is 1. The van der Waals surface area contributed by atoms with Gasteiger partial charge in [0.2, 0.25) is 0 Å². The van der Waals surface area contributed by atoms with Gasteiger partial charge in [-0.05, 0) is 46.5 Å². The highest BCUT2D eigenvalue weighted by Gasteiger charge is 2.00. The zero-order chi connectivity index (χ0) is 11.4. The molecule has 2 aromatic rings. The van der Waals surface area contributed by atoms with Crippen LogP contribution in [0.15, 0.2) is 35.0 Å². The lowest BCUT2D eigenvalue weighted by Crippen LogP contribution is -2.12. The van der Waals surface area contributed by atoms with E-state index in [-0.39, 0.29) is 0 Å². The quantitative estimate of drug-likeness (QED) is 0.866. The number of hydrogen-bond acceptors (Lipinski definition) is 2. The van der Waals surface area contributed by atoms with Gasteiger partial charge in [0.1, 0.15) is 0 Å². The molecule has 0 amide bonds. The molecule has 0 bridgehead atoms. The third kappa shape index (κ3) is 3.08. The second kappa shape index (κ2) is 5.48. The number of rotatable bonds is 4. The Balaban J connectivity index is 1.90. The lowest BCUT2D eigenvalue weighted by Gasteiger charge is -2.06. The van der Waals surface area contributed by atoms with Gasteiger partial charge in [-0.3, -0.25) is 0 Å². The molecule has 1 nitrogen and oxygen atoms in total. The summed E-state index contributed by atoms with van der Waals surface area (Å²) in [4.78, 5) is 0. The van der Waals surface area contributed by atoms with Crippen molar-refractivity contribution in [2.75, 3.05) is 0 Å². The first-order valence-electron chi connectivity index (χ1n) is 5.22. The maximum absolute atomic E-state index is 6.15. The Kier molecular flexibility index (Phi) is 3.99. The molecule has 1 aromatic heterocycles. The topological polar surface area (TPSA) is 12.0 Å². The van der Waals surface area contributed by atoms with Crippen molar-refractivity contribution in [3.05, 3.63) is 56.7 Å². The second-order valence-corrected chi connectivity index (χ2v) is 5.02. The van der Waals surface area contributed by atoms with Crippen molar-refractivity contribution < 1.29 is 0 Å². The lowest BCUT2D eigenvalue weighted by atomic mass is 10.1. The second-order valence-electron chi connectivity index (χ2n) is 3.83. The SMILES string of the molecule is Cc1ccc(CNCc2ccsc2)c(Cl)c1. The highest BCUT2D eigenvalue weighted by Crippen LogP contribution is 2.17. The Morgan fingerprint density at radius 1 is 1.25 bits per heavy atom. The molecule has 0 aliphatic rings. The zero-order valence-electron chi connectivity index (χ0n) is 9.16. The molecule has 16 heavy (non-hydrogen) atoms. The number of benzene rings is 1. The summed E-state index contributed by atoms with van der Waals surface area (Å²) in [6, 6.07) is 8.31. The molecule has 1 heterocycles. The highest BCUT2D eigenvalue weighted by molar-refractivity contribution is 7.07. The maximum atomic E-state index is 6.15. The van der Waals surface area contributed by atoms with Crippen LogP contribution in [0.4, 0.5) is 0 Å². The first-order valence-corrected chi connectivity index (χ1v) is 6.54. The summed E-state index contributed by atoms with van der Waals surface area (Å²) < 4.78 is 0. The van der Waals surface area contributed by atoms with Gasteiger partial charge in [0.05, 0.1) is 0 Å². The molecule has 0 unspecified atom stereocenters. The average Bonchev–Trinajstić information content (AvgIpc) is 2.74. The van der Waals surface area contributed by atoms with Crippen molar-refractivity contribution in [1.82, 2.24) is 5.32 Å². The largest absolute Gasteiger partial charge is 0.309 e. The molecule has 2 rings (SSSR count). The monoisotopic (exact) mass is 251 g/mol. The molecule has 0 aliphatic heterocycles. The van der Waals surface area contributed by atoms with Crippen LogP contribution >= 0.6 is 22.9 Å². The third-order valence-corrected chi connectivity index (χ3v) is 3.52. The lowest BCUT2D eigenvalue weighted by molar-refractivity contribution is 0.695. The molecule has 1 N–H and O–H groups in total. The molecule has 84 valence electrons. The number of aryl methyl sites for hydroxylation is 1. The van der Waals surface area contributed by atoms with Crippen LogP contribution in [0.3, 0.4) is 0 Å². The predicted molar refractivity (Wildman–Crippen MR) is 71.1 cm³/mol. The standard InChI is InChI=1S/C13H14ClNS/c1-10-2-3-12(13(14)6-10)8-15-7-11-4-5-16-9-11/h2-6,9,15H,7-8H2,1H3. The van der Waals surface area contributed by atoms with Crippen LogP contribution in [0, 0.1) is 6.92 Å². The summed E-state index contributed by atoms with van der Waals surface area (Å²) in [6.07, 6.45) is 0. The van der Waals surface area contributed by atoms with Gasteiger partial charge in [0, 0.05) is 18.1 Å². The molecule has 0 aliphatic carbocycles.